The van der Waals surface area contributed by atoms with Crippen molar-refractivity contribution < 1.29 is 42.4 Å². The first kappa shape index (κ1) is 54.1. The van der Waals surface area contributed by atoms with E-state index in [1.165, 1.54) is 0 Å². The highest BCUT2D eigenvalue weighted by atomic mass is 28.4. The molecule has 0 aliphatic heterocycles. The van der Waals surface area contributed by atoms with Crippen molar-refractivity contribution in [1.29, 1.82) is 0 Å². The minimum absolute atomic E-state index is 0.0135. The van der Waals surface area contributed by atoms with Crippen molar-refractivity contribution in [2.45, 2.75) is 135 Å². The van der Waals surface area contributed by atoms with Crippen molar-refractivity contribution in [3.05, 3.63) is 131 Å². The van der Waals surface area contributed by atoms with Gasteiger partial charge in [0.05, 0.1) is 53.3 Å². The zero-order valence-corrected chi connectivity index (χ0v) is 44.2. The van der Waals surface area contributed by atoms with E-state index >= 15 is 0 Å². The number of hydrogen-bond donors (Lipinski definition) is 0. The van der Waals surface area contributed by atoms with E-state index in [0.717, 1.165) is 39.8 Å². The lowest BCUT2D eigenvalue weighted by Gasteiger charge is -2.36. The summed E-state index contributed by atoms with van der Waals surface area (Å²) in [5.74, 6) is 1.91. The summed E-state index contributed by atoms with van der Waals surface area (Å²) < 4.78 is 41.7. The Morgan fingerprint density at radius 3 is 2.00 bits per heavy atom. The molecule has 1 aliphatic carbocycles. The summed E-state index contributed by atoms with van der Waals surface area (Å²) in [6.07, 6.45) is 8.00. The highest BCUT2D eigenvalue weighted by Crippen LogP contribution is 2.39. The summed E-state index contributed by atoms with van der Waals surface area (Å²) in [7, 11) is 3.16. The number of ketones is 1. The SMILES string of the molecule is COC1=C(C(=O)C[C@H](CC/C=C/C[C@@H](c2ccccc2)N(Cc2ccc(OC)cc2)C(=O)OCC[Si](C)(C)C)OCc2ccc(OC)cc2)[C@@H](/C=C(/C)CO[Si](C)(C)C(C)(C)C)C[C@@H]1OC. The van der Waals surface area contributed by atoms with E-state index in [0.29, 0.717) is 63.4 Å². The molecule has 66 heavy (non-hydrogen) atoms. The molecule has 3 aromatic rings. The van der Waals surface area contributed by atoms with Gasteiger partial charge in [-0.15, -0.1) is 0 Å². The van der Waals surface area contributed by atoms with Gasteiger partial charge in [0.2, 0.25) is 0 Å². The fourth-order valence-electron chi connectivity index (χ4n) is 7.65. The lowest BCUT2D eigenvalue weighted by atomic mass is 9.92. The average Bonchev–Trinajstić information content (AvgIpc) is 3.64. The summed E-state index contributed by atoms with van der Waals surface area (Å²) in [6, 6.07) is 26.3. The Kier molecular flexibility index (Phi) is 21.0. The summed E-state index contributed by atoms with van der Waals surface area (Å²) in [4.78, 5) is 30.5. The fourth-order valence-corrected chi connectivity index (χ4v) is 9.39. The van der Waals surface area contributed by atoms with E-state index in [4.69, 9.17) is 32.8 Å². The number of benzene rings is 3. The Morgan fingerprint density at radius 2 is 1.44 bits per heavy atom. The van der Waals surface area contributed by atoms with Crippen molar-refractivity contribution in [1.82, 2.24) is 4.90 Å². The number of rotatable bonds is 26. The molecule has 0 unspecified atom stereocenters. The van der Waals surface area contributed by atoms with Crippen molar-refractivity contribution in [3.8, 4) is 11.5 Å². The Balaban J connectivity index is 1.58. The number of ether oxygens (including phenoxy) is 6. The summed E-state index contributed by atoms with van der Waals surface area (Å²) in [6.45, 7) is 21.7. The molecule has 4 rings (SSSR count). The van der Waals surface area contributed by atoms with Gasteiger partial charge < -0.3 is 32.8 Å². The van der Waals surface area contributed by atoms with E-state index < -0.39 is 16.4 Å². The van der Waals surface area contributed by atoms with Crippen LogP contribution in [0.15, 0.2) is 114 Å². The van der Waals surface area contributed by atoms with Crippen LogP contribution in [0, 0.1) is 5.92 Å². The van der Waals surface area contributed by atoms with Gasteiger partial charge in [0.25, 0.3) is 0 Å². The van der Waals surface area contributed by atoms with Crippen LogP contribution in [-0.2, 0) is 41.3 Å². The summed E-state index contributed by atoms with van der Waals surface area (Å²) >= 11 is 0. The van der Waals surface area contributed by atoms with E-state index in [1.807, 2.05) is 71.6 Å². The second-order valence-corrected chi connectivity index (χ2v) is 30.6. The molecule has 0 saturated heterocycles. The Bertz CT molecular complexity index is 2050. The number of nitrogens with zero attached hydrogens (tertiary/aromatic N) is 1. The van der Waals surface area contributed by atoms with Gasteiger partial charge in [0, 0.05) is 39.6 Å². The van der Waals surface area contributed by atoms with Gasteiger partial charge in [-0.25, -0.2) is 4.79 Å². The largest absolute Gasteiger partial charge is 0.498 e. The van der Waals surface area contributed by atoms with Crippen molar-refractivity contribution in [2.75, 3.05) is 41.7 Å². The zero-order chi connectivity index (χ0) is 48.5. The van der Waals surface area contributed by atoms with E-state index in [9.17, 15) is 9.59 Å². The van der Waals surface area contributed by atoms with Gasteiger partial charge in [-0.3, -0.25) is 9.69 Å². The maximum absolute atomic E-state index is 14.6. The van der Waals surface area contributed by atoms with Crippen LogP contribution in [0.4, 0.5) is 4.79 Å². The minimum atomic E-state index is -1.98. The Labute approximate surface area is 398 Å². The Morgan fingerprint density at radius 1 is 0.818 bits per heavy atom. The number of methoxy groups -OCH3 is 4. The molecule has 0 radical (unpaired) electrons. The van der Waals surface area contributed by atoms with Gasteiger partial charge in [0.15, 0.2) is 14.1 Å². The summed E-state index contributed by atoms with van der Waals surface area (Å²) in [5, 5.41) is 0.0880. The van der Waals surface area contributed by atoms with Crippen molar-refractivity contribution >= 4 is 28.3 Å². The molecule has 10 nitrogen and oxygen atoms in total. The van der Waals surface area contributed by atoms with Crippen LogP contribution < -0.4 is 9.47 Å². The Hall–Kier alpha value is -4.47. The van der Waals surface area contributed by atoms with Crippen LogP contribution in [0.3, 0.4) is 0 Å². The van der Waals surface area contributed by atoms with E-state index in [-0.39, 0.29) is 47.5 Å². The lowest BCUT2D eigenvalue weighted by Crippen LogP contribution is -2.41. The quantitative estimate of drug-likeness (QED) is 0.0575. The van der Waals surface area contributed by atoms with Crippen LogP contribution in [0.5, 0.6) is 11.5 Å². The maximum Gasteiger partial charge on any atom is 0.410 e. The summed E-state index contributed by atoms with van der Waals surface area (Å²) in [5.41, 5.74) is 4.70. The number of carbonyl (C=O) groups excluding carboxylic acids is 2. The predicted molar refractivity (Wildman–Crippen MR) is 271 cm³/mol. The number of allylic oxidation sites excluding steroid dienone is 3. The molecule has 1 aliphatic rings. The number of amides is 1. The number of Topliss-reactive ketones (excluding diaryl/α,β-unsaturated/α-hetero) is 1. The highest BCUT2D eigenvalue weighted by Gasteiger charge is 2.39. The molecule has 4 atom stereocenters. The van der Waals surface area contributed by atoms with Crippen molar-refractivity contribution in [2.24, 2.45) is 5.92 Å². The van der Waals surface area contributed by atoms with Crippen LogP contribution >= 0.6 is 0 Å². The van der Waals surface area contributed by atoms with Gasteiger partial charge in [-0.2, -0.15) is 0 Å². The molecular formula is C54H79NO9Si2. The zero-order valence-electron chi connectivity index (χ0n) is 42.2. The standard InChI is InChI=1S/C54H79NO9Si2/c1-40(38-64-66(12,13)54(2,3)4)34-44-35-50(60-7)52(61-8)51(44)49(56)36-47(63-39-42-26-30-46(59-6)31-27-42)22-18-15-19-23-48(43-20-16-14-17-21-43)55(53(57)62-32-33-65(9,10)11)37-41-24-28-45(58-5)29-25-41/h14-17,19-21,24-31,34,44,47-48,50H,18,22-23,32-33,35-39H2,1-13H3/b19-15+,40-34-/t44-,47-,48-,50-/m0/s1. The monoisotopic (exact) mass is 942 g/mol. The van der Waals surface area contributed by atoms with Gasteiger partial charge >= 0.3 is 6.09 Å². The molecular weight excluding hydrogens is 863 g/mol. The minimum Gasteiger partial charge on any atom is -0.498 e. The second kappa shape index (κ2) is 25.6. The number of carbonyl (C=O) groups is 2. The smallest absolute Gasteiger partial charge is 0.410 e. The molecule has 3 aromatic carbocycles. The molecule has 0 heterocycles. The maximum atomic E-state index is 14.6. The highest BCUT2D eigenvalue weighted by molar-refractivity contribution is 6.76. The molecule has 362 valence electrons. The molecule has 12 heteroatoms. The molecule has 1 amide bonds. The topological polar surface area (TPSA) is 102 Å². The third kappa shape index (κ3) is 16.7. The normalized spacial score (nSPS) is 16.9. The van der Waals surface area contributed by atoms with Crippen LogP contribution in [0.1, 0.15) is 82.5 Å². The molecule has 0 aromatic heterocycles. The molecule has 0 bridgehead atoms. The molecule has 0 N–H and O–H groups in total. The first-order valence-electron chi connectivity index (χ1n) is 23.4. The predicted octanol–water partition coefficient (Wildman–Crippen LogP) is 12.9. The molecule has 0 saturated carbocycles. The van der Waals surface area contributed by atoms with Gasteiger partial charge in [-0.1, -0.05) is 119 Å². The molecule has 0 fully saturated rings. The number of hydrogen-bond acceptors (Lipinski definition) is 9. The van der Waals surface area contributed by atoms with E-state index in [1.54, 1.807) is 28.4 Å². The fraction of sp³-hybridized carbons (Fsp3) is 0.519. The third-order valence-electron chi connectivity index (χ3n) is 12.8. The van der Waals surface area contributed by atoms with Crippen molar-refractivity contribution in [3.63, 3.8) is 0 Å². The van der Waals surface area contributed by atoms with Crippen LogP contribution in [0.2, 0.25) is 43.8 Å². The molecule has 0 spiro atoms. The van der Waals surface area contributed by atoms with Crippen LogP contribution in [0.25, 0.3) is 0 Å². The van der Waals surface area contributed by atoms with E-state index in [2.05, 4.69) is 90.8 Å². The first-order valence-corrected chi connectivity index (χ1v) is 30.1. The first-order chi connectivity index (χ1) is 31.3. The van der Waals surface area contributed by atoms with Gasteiger partial charge in [-0.05, 0) is 97.7 Å². The lowest BCUT2D eigenvalue weighted by molar-refractivity contribution is -0.119. The van der Waals surface area contributed by atoms with Gasteiger partial charge in [0.1, 0.15) is 23.4 Å². The van der Waals surface area contributed by atoms with Crippen LogP contribution in [-0.4, -0.2) is 87.0 Å². The average molecular weight is 942 g/mol. The third-order valence-corrected chi connectivity index (χ3v) is 19.0. The second-order valence-electron chi connectivity index (χ2n) is 20.1.